The number of carbonyl (C=O) groups is 1. The van der Waals surface area contributed by atoms with Gasteiger partial charge >= 0.3 is 0 Å². The van der Waals surface area contributed by atoms with Gasteiger partial charge in [-0.3, -0.25) is 4.79 Å². The van der Waals surface area contributed by atoms with Gasteiger partial charge in [0.05, 0.1) is 17.3 Å². The molecule has 2 unspecified atom stereocenters. The molecule has 0 saturated heterocycles. The number of aliphatic hydroxyl groups excluding tert-OH is 1. The van der Waals surface area contributed by atoms with Crippen LogP contribution in [0.3, 0.4) is 0 Å². The van der Waals surface area contributed by atoms with E-state index in [1.54, 1.807) is 19.2 Å². The van der Waals surface area contributed by atoms with Crippen molar-refractivity contribution in [3.8, 4) is 0 Å². The Hall–Kier alpha value is -1.30. The normalized spacial score (nSPS) is 18.6. The summed E-state index contributed by atoms with van der Waals surface area (Å²) in [6.07, 6.45) is -1.14. The Morgan fingerprint density at radius 1 is 1.55 bits per heavy atom. The standard InChI is InChI=1S/C14H19ClN2O3/c1-4-17(8(2)7-20-3)12-6-11-9(5-10(12)15)13(18)14(19)16-11/h5-6,8,13,18H,4,7H2,1-3H3,(H,16,19). The highest BCUT2D eigenvalue weighted by Gasteiger charge is 2.30. The van der Waals surface area contributed by atoms with Gasteiger partial charge in [0, 0.05) is 30.9 Å². The number of fused-ring (bicyclic) bond motifs is 1. The van der Waals surface area contributed by atoms with Crippen molar-refractivity contribution in [2.24, 2.45) is 0 Å². The quantitative estimate of drug-likeness (QED) is 0.875. The molecule has 1 aliphatic rings. The van der Waals surface area contributed by atoms with Crippen molar-refractivity contribution < 1.29 is 14.6 Å². The van der Waals surface area contributed by atoms with E-state index in [1.807, 2.05) is 13.8 Å². The number of carbonyl (C=O) groups excluding carboxylic acids is 1. The van der Waals surface area contributed by atoms with E-state index >= 15 is 0 Å². The third kappa shape index (κ3) is 2.61. The van der Waals surface area contributed by atoms with E-state index in [-0.39, 0.29) is 6.04 Å². The molecule has 2 rings (SSSR count). The smallest absolute Gasteiger partial charge is 0.257 e. The number of anilines is 2. The lowest BCUT2D eigenvalue weighted by Gasteiger charge is -2.31. The van der Waals surface area contributed by atoms with Gasteiger partial charge in [-0.25, -0.2) is 0 Å². The van der Waals surface area contributed by atoms with Crippen LogP contribution >= 0.6 is 11.6 Å². The minimum atomic E-state index is -1.14. The second-order valence-corrected chi connectivity index (χ2v) is 5.28. The van der Waals surface area contributed by atoms with E-state index in [0.29, 0.717) is 22.9 Å². The number of rotatable bonds is 5. The van der Waals surface area contributed by atoms with Crippen molar-refractivity contribution in [1.82, 2.24) is 0 Å². The number of amides is 1. The van der Waals surface area contributed by atoms with Gasteiger partial charge in [-0.15, -0.1) is 0 Å². The Kier molecular flexibility index (Phi) is 4.52. The molecule has 0 spiro atoms. The zero-order chi connectivity index (χ0) is 14.9. The highest BCUT2D eigenvalue weighted by molar-refractivity contribution is 6.33. The van der Waals surface area contributed by atoms with Gasteiger partial charge in [0.15, 0.2) is 6.10 Å². The molecule has 0 aliphatic carbocycles. The van der Waals surface area contributed by atoms with E-state index in [2.05, 4.69) is 10.2 Å². The van der Waals surface area contributed by atoms with Crippen LogP contribution in [0, 0.1) is 0 Å². The Morgan fingerprint density at radius 3 is 2.85 bits per heavy atom. The summed E-state index contributed by atoms with van der Waals surface area (Å²) in [7, 11) is 1.66. The third-order valence-corrected chi connectivity index (χ3v) is 3.81. The number of hydrogen-bond donors (Lipinski definition) is 2. The summed E-state index contributed by atoms with van der Waals surface area (Å²) in [5.74, 6) is -0.416. The first-order valence-corrected chi connectivity index (χ1v) is 6.95. The molecule has 20 heavy (non-hydrogen) atoms. The molecule has 1 amide bonds. The number of halogens is 1. The number of likely N-dealkylation sites (N-methyl/N-ethyl adjacent to an activating group) is 1. The zero-order valence-electron chi connectivity index (χ0n) is 11.8. The van der Waals surface area contributed by atoms with Crippen LogP contribution < -0.4 is 10.2 Å². The van der Waals surface area contributed by atoms with Crippen molar-refractivity contribution in [2.75, 3.05) is 30.5 Å². The number of hydrogen-bond acceptors (Lipinski definition) is 4. The van der Waals surface area contributed by atoms with Crippen molar-refractivity contribution in [3.63, 3.8) is 0 Å². The van der Waals surface area contributed by atoms with Gasteiger partial charge in [-0.1, -0.05) is 11.6 Å². The van der Waals surface area contributed by atoms with Crippen molar-refractivity contribution in [3.05, 3.63) is 22.7 Å². The molecule has 1 heterocycles. The summed E-state index contributed by atoms with van der Waals surface area (Å²) in [4.78, 5) is 13.6. The lowest BCUT2D eigenvalue weighted by Crippen LogP contribution is -2.36. The molecule has 0 aromatic heterocycles. The SMILES string of the molecule is CCN(c1cc2c(cc1Cl)C(O)C(=O)N2)C(C)COC. The number of benzene rings is 1. The summed E-state index contributed by atoms with van der Waals surface area (Å²) in [6.45, 7) is 5.42. The molecule has 1 aromatic carbocycles. The summed E-state index contributed by atoms with van der Waals surface area (Å²) < 4.78 is 5.18. The van der Waals surface area contributed by atoms with Gasteiger partial charge < -0.3 is 20.1 Å². The topological polar surface area (TPSA) is 61.8 Å². The molecule has 2 N–H and O–H groups in total. The Morgan fingerprint density at radius 2 is 2.25 bits per heavy atom. The predicted molar refractivity (Wildman–Crippen MR) is 79.4 cm³/mol. The second kappa shape index (κ2) is 5.99. The second-order valence-electron chi connectivity index (χ2n) is 4.87. The molecule has 0 saturated carbocycles. The van der Waals surface area contributed by atoms with Gasteiger partial charge in [0.2, 0.25) is 0 Å². The van der Waals surface area contributed by atoms with E-state index in [4.69, 9.17) is 16.3 Å². The molecule has 0 bridgehead atoms. The van der Waals surface area contributed by atoms with Crippen LogP contribution in [0.5, 0.6) is 0 Å². The molecular formula is C14H19ClN2O3. The minimum absolute atomic E-state index is 0.155. The predicted octanol–water partition coefficient (Wildman–Crippen LogP) is 2.19. The highest BCUT2D eigenvalue weighted by atomic mass is 35.5. The molecule has 0 fully saturated rings. The Bertz CT molecular complexity index is 521. The minimum Gasteiger partial charge on any atom is -0.383 e. The Labute approximate surface area is 123 Å². The van der Waals surface area contributed by atoms with Crippen LogP contribution in [0.4, 0.5) is 11.4 Å². The molecular weight excluding hydrogens is 280 g/mol. The monoisotopic (exact) mass is 298 g/mol. The maximum absolute atomic E-state index is 11.5. The molecule has 1 aliphatic heterocycles. The van der Waals surface area contributed by atoms with Gasteiger partial charge in [0.1, 0.15) is 0 Å². The molecule has 1 aromatic rings. The van der Waals surface area contributed by atoms with E-state index in [9.17, 15) is 9.90 Å². The number of nitrogens with one attached hydrogen (secondary N) is 1. The average molecular weight is 299 g/mol. The fraction of sp³-hybridized carbons (Fsp3) is 0.500. The number of nitrogens with zero attached hydrogens (tertiary/aromatic N) is 1. The summed E-state index contributed by atoms with van der Waals surface area (Å²) in [6, 6.07) is 3.61. The summed E-state index contributed by atoms with van der Waals surface area (Å²) in [5.41, 5.74) is 1.97. The Balaban J connectivity index is 2.38. The first-order chi connectivity index (χ1) is 9.49. The van der Waals surface area contributed by atoms with Crippen molar-refractivity contribution in [1.29, 1.82) is 0 Å². The van der Waals surface area contributed by atoms with E-state index in [0.717, 1.165) is 12.2 Å². The fourth-order valence-corrected chi connectivity index (χ4v) is 2.81. The van der Waals surface area contributed by atoms with Gasteiger partial charge in [-0.2, -0.15) is 0 Å². The molecule has 110 valence electrons. The largest absolute Gasteiger partial charge is 0.383 e. The molecule has 0 radical (unpaired) electrons. The van der Waals surface area contributed by atoms with Crippen LogP contribution in [0.1, 0.15) is 25.5 Å². The zero-order valence-corrected chi connectivity index (χ0v) is 12.6. The van der Waals surface area contributed by atoms with Crippen LogP contribution in [-0.2, 0) is 9.53 Å². The van der Waals surface area contributed by atoms with Crippen LogP contribution in [0.2, 0.25) is 5.02 Å². The van der Waals surface area contributed by atoms with Gasteiger partial charge in [-0.05, 0) is 26.0 Å². The molecule has 2 atom stereocenters. The van der Waals surface area contributed by atoms with Crippen molar-refractivity contribution in [2.45, 2.75) is 26.0 Å². The van der Waals surface area contributed by atoms with Crippen molar-refractivity contribution >= 4 is 28.9 Å². The lowest BCUT2D eigenvalue weighted by molar-refractivity contribution is -0.123. The van der Waals surface area contributed by atoms with Crippen LogP contribution in [0.25, 0.3) is 0 Å². The van der Waals surface area contributed by atoms with Gasteiger partial charge in [0.25, 0.3) is 5.91 Å². The lowest BCUT2D eigenvalue weighted by atomic mass is 10.1. The number of aliphatic hydroxyl groups is 1. The first-order valence-electron chi connectivity index (χ1n) is 6.57. The maximum Gasteiger partial charge on any atom is 0.257 e. The average Bonchev–Trinajstić information content (AvgIpc) is 2.67. The van der Waals surface area contributed by atoms with E-state index in [1.165, 1.54) is 0 Å². The third-order valence-electron chi connectivity index (χ3n) is 3.51. The maximum atomic E-state index is 11.5. The van der Waals surface area contributed by atoms with Crippen LogP contribution in [-0.4, -0.2) is 37.3 Å². The van der Waals surface area contributed by atoms with Crippen LogP contribution in [0.15, 0.2) is 12.1 Å². The molecule has 5 nitrogen and oxygen atoms in total. The first kappa shape index (κ1) is 15.1. The molecule has 6 heteroatoms. The number of methoxy groups -OCH3 is 1. The fourth-order valence-electron chi connectivity index (χ4n) is 2.52. The summed E-state index contributed by atoms with van der Waals surface area (Å²) >= 11 is 6.31. The highest BCUT2D eigenvalue weighted by Crippen LogP contribution is 2.39. The number of ether oxygens (including phenoxy) is 1. The van der Waals surface area contributed by atoms with E-state index < -0.39 is 12.0 Å². The summed E-state index contributed by atoms with van der Waals surface area (Å²) in [5, 5.41) is 12.9.